The molecule has 0 radical (unpaired) electrons. The Morgan fingerprint density at radius 2 is 2.11 bits per heavy atom. The van der Waals surface area contributed by atoms with Gasteiger partial charge in [-0.15, -0.1) is 0 Å². The van der Waals surface area contributed by atoms with Crippen LogP contribution >= 0.6 is 0 Å². The van der Waals surface area contributed by atoms with E-state index in [0.29, 0.717) is 0 Å². The van der Waals surface area contributed by atoms with Gasteiger partial charge in [0.2, 0.25) is 5.91 Å². The molecule has 28 heavy (non-hydrogen) atoms. The van der Waals surface area contributed by atoms with E-state index in [9.17, 15) is 4.79 Å². The molecule has 1 aliphatic heterocycles. The number of primary amides is 1. The molecule has 1 unspecified atom stereocenters. The molecule has 1 fully saturated rings. The summed E-state index contributed by atoms with van der Waals surface area (Å²) in [4.78, 5) is 13.8. The third-order valence-electron chi connectivity index (χ3n) is 5.42. The second kappa shape index (κ2) is 8.88. The van der Waals surface area contributed by atoms with Crippen LogP contribution in [0.25, 0.3) is 0 Å². The smallest absolute Gasteiger partial charge is 0.221 e. The second-order valence-corrected chi connectivity index (χ2v) is 8.92. The zero-order valence-corrected chi connectivity index (χ0v) is 17.3. The van der Waals surface area contributed by atoms with E-state index in [1.807, 2.05) is 6.20 Å². The molecule has 152 valence electrons. The highest BCUT2D eigenvalue weighted by Crippen LogP contribution is 2.23. The summed E-state index contributed by atoms with van der Waals surface area (Å²) in [5, 5.41) is 10.9. The quantitative estimate of drug-likeness (QED) is 0.686. The summed E-state index contributed by atoms with van der Waals surface area (Å²) in [5.74, 6) is -0.179. The van der Waals surface area contributed by atoms with Gasteiger partial charge in [-0.1, -0.05) is 45.0 Å². The molecule has 6 nitrogen and oxygen atoms in total. The first-order chi connectivity index (χ1) is 13.3. The number of amides is 1. The molecule has 0 saturated carbocycles. The molecule has 1 aliphatic rings. The van der Waals surface area contributed by atoms with Crippen LogP contribution in [-0.4, -0.2) is 34.1 Å². The zero-order chi connectivity index (χ0) is 20.1. The molecule has 0 aliphatic carbocycles. The van der Waals surface area contributed by atoms with Crippen molar-refractivity contribution in [1.29, 1.82) is 0 Å². The molecule has 3 rings (SSSR count). The Morgan fingerprint density at radius 1 is 1.32 bits per heavy atom. The third-order valence-corrected chi connectivity index (χ3v) is 5.42. The van der Waals surface area contributed by atoms with Gasteiger partial charge in [-0.25, -0.2) is 0 Å². The number of hydrogen-bond donors (Lipinski definition) is 3. The molecule has 0 spiro atoms. The van der Waals surface area contributed by atoms with Gasteiger partial charge in [0.15, 0.2) is 0 Å². The summed E-state index contributed by atoms with van der Waals surface area (Å²) in [5.41, 5.74) is 10.5. The van der Waals surface area contributed by atoms with Crippen LogP contribution in [0.1, 0.15) is 56.0 Å². The number of aromatic amines is 1. The number of likely N-dealkylation sites (tertiary alicyclic amines) is 1. The molecule has 1 amide bonds. The summed E-state index contributed by atoms with van der Waals surface area (Å²) in [6, 6.07) is 8.67. The third kappa shape index (κ3) is 5.42. The topological polar surface area (TPSA) is 87.0 Å². The van der Waals surface area contributed by atoms with Crippen molar-refractivity contribution < 1.29 is 4.79 Å². The van der Waals surface area contributed by atoms with Gasteiger partial charge < -0.3 is 11.1 Å². The van der Waals surface area contributed by atoms with Crippen molar-refractivity contribution in [3.8, 4) is 0 Å². The fourth-order valence-corrected chi connectivity index (χ4v) is 3.96. The normalized spacial score (nSPS) is 18.3. The highest BCUT2D eigenvalue weighted by Gasteiger charge is 2.24. The number of nitrogens with zero attached hydrogens (tertiary/aromatic N) is 2. The van der Waals surface area contributed by atoms with E-state index in [1.54, 1.807) is 0 Å². The van der Waals surface area contributed by atoms with Gasteiger partial charge in [-0.3, -0.25) is 14.8 Å². The number of nitrogens with one attached hydrogen (secondary N) is 2. The first-order valence-electron chi connectivity index (χ1n) is 10.2. The highest BCUT2D eigenvalue weighted by molar-refractivity contribution is 5.76. The molecule has 2 aromatic rings. The highest BCUT2D eigenvalue weighted by atomic mass is 16.1. The predicted molar refractivity (Wildman–Crippen MR) is 111 cm³/mol. The van der Waals surface area contributed by atoms with E-state index >= 15 is 0 Å². The van der Waals surface area contributed by atoms with Crippen LogP contribution in [0.2, 0.25) is 0 Å². The number of benzene rings is 1. The summed E-state index contributed by atoms with van der Waals surface area (Å²) in [6.07, 6.45) is 3.87. The minimum Gasteiger partial charge on any atom is -0.369 e. The van der Waals surface area contributed by atoms with Crippen molar-refractivity contribution >= 4 is 5.91 Å². The molecule has 1 aromatic heterocycles. The lowest BCUT2D eigenvalue weighted by atomic mass is 9.89. The lowest BCUT2D eigenvalue weighted by Crippen LogP contribution is -2.40. The van der Waals surface area contributed by atoms with Crippen molar-refractivity contribution in [2.75, 3.05) is 13.1 Å². The average molecular weight is 384 g/mol. The van der Waals surface area contributed by atoms with Gasteiger partial charge in [0.1, 0.15) is 0 Å². The van der Waals surface area contributed by atoms with E-state index in [1.165, 1.54) is 22.4 Å². The summed E-state index contributed by atoms with van der Waals surface area (Å²) in [6.45, 7) is 10.8. The SMILES string of the molecule is CC(C)(C)c1[nH]ncc1CNCc1cccc(CN2CCCC(C(N)=O)C2)c1. The van der Waals surface area contributed by atoms with Gasteiger partial charge in [0.25, 0.3) is 0 Å². The lowest BCUT2D eigenvalue weighted by Gasteiger charge is -2.31. The first-order valence-corrected chi connectivity index (χ1v) is 10.2. The zero-order valence-electron chi connectivity index (χ0n) is 17.3. The van der Waals surface area contributed by atoms with Crippen LogP contribution < -0.4 is 11.1 Å². The van der Waals surface area contributed by atoms with Crippen molar-refractivity contribution in [3.05, 3.63) is 52.8 Å². The Hall–Kier alpha value is -2.18. The Labute approximate surface area is 167 Å². The number of H-pyrrole nitrogens is 1. The minimum atomic E-state index is -0.170. The molecule has 2 heterocycles. The first kappa shape index (κ1) is 20.6. The van der Waals surface area contributed by atoms with E-state index < -0.39 is 0 Å². The molecular weight excluding hydrogens is 350 g/mol. The van der Waals surface area contributed by atoms with Gasteiger partial charge in [0, 0.05) is 42.9 Å². The van der Waals surface area contributed by atoms with Gasteiger partial charge in [-0.2, -0.15) is 5.10 Å². The van der Waals surface area contributed by atoms with Gasteiger partial charge in [-0.05, 0) is 30.5 Å². The monoisotopic (exact) mass is 383 g/mol. The minimum absolute atomic E-state index is 0.00873. The Bertz CT molecular complexity index is 792. The summed E-state index contributed by atoms with van der Waals surface area (Å²) in [7, 11) is 0. The van der Waals surface area contributed by atoms with Crippen LogP contribution in [0, 0.1) is 5.92 Å². The maximum atomic E-state index is 11.5. The number of rotatable bonds is 7. The van der Waals surface area contributed by atoms with Crippen LogP contribution in [-0.2, 0) is 29.8 Å². The fraction of sp³-hybridized carbons (Fsp3) is 0.545. The lowest BCUT2D eigenvalue weighted by molar-refractivity contribution is -0.123. The molecule has 4 N–H and O–H groups in total. The maximum Gasteiger partial charge on any atom is 0.221 e. The number of carbonyl (C=O) groups is 1. The van der Waals surface area contributed by atoms with Crippen LogP contribution in [0.5, 0.6) is 0 Å². The Morgan fingerprint density at radius 3 is 2.86 bits per heavy atom. The molecule has 1 saturated heterocycles. The van der Waals surface area contributed by atoms with Crippen LogP contribution in [0.3, 0.4) is 0 Å². The number of piperidine rings is 1. The second-order valence-electron chi connectivity index (χ2n) is 8.92. The fourth-order valence-electron chi connectivity index (χ4n) is 3.96. The predicted octanol–water partition coefficient (Wildman–Crippen LogP) is 2.69. The van der Waals surface area contributed by atoms with E-state index in [2.05, 4.69) is 65.5 Å². The van der Waals surface area contributed by atoms with Crippen molar-refractivity contribution in [3.63, 3.8) is 0 Å². The standard InChI is InChI=1S/C22H33N5O/c1-22(2,3)20-19(13-25-26-20)12-24-11-16-6-4-7-17(10-16)14-27-9-5-8-18(15-27)21(23)28/h4,6-7,10,13,18,24H,5,8-9,11-12,14-15H2,1-3H3,(H2,23,28)(H,25,26). The van der Waals surface area contributed by atoms with Gasteiger partial charge in [0.05, 0.1) is 12.1 Å². The molecular formula is C22H33N5O. The number of hydrogen-bond acceptors (Lipinski definition) is 4. The number of aromatic nitrogens is 2. The van der Waals surface area contributed by atoms with Crippen molar-refractivity contribution in [1.82, 2.24) is 20.4 Å². The van der Waals surface area contributed by atoms with E-state index in [4.69, 9.17) is 5.73 Å². The molecule has 1 aromatic carbocycles. The van der Waals surface area contributed by atoms with E-state index in [-0.39, 0.29) is 17.2 Å². The van der Waals surface area contributed by atoms with Gasteiger partial charge >= 0.3 is 0 Å². The largest absolute Gasteiger partial charge is 0.369 e. The van der Waals surface area contributed by atoms with Crippen molar-refractivity contribution in [2.45, 2.75) is 58.7 Å². The number of carbonyl (C=O) groups excluding carboxylic acids is 1. The number of nitrogens with two attached hydrogens (primary N) is 1. The molecule has 6 heteroatoms. The Balaban J connectivity index is 1.54. The van der Waals surface area contributed by atoms with Crippen LogP contribution in [0.4, 0.5) is 0 Å². The van der Waals surface area contributed by atoms with Crippen LogP contribution in [0.15, 0.2) is 30.5 Å². The maximum absolute atomic E-state index is 11.5. The summed E-state index contributed by atoms with van der Waals surface area (Å²) < 4.78 is 0. The molecule has 1 atom stereocenters. The Kier molecular flexibility index (Phi) is 6.52. The van der Waals surface area contributed by atoms with E-state index in [0.717, 1.165) is 45.6 Å². The average Bonchev–Trinajstić information content (AvgIpc) is 3.11. The van der Waals surface area contributed by atoms with Crippen molar-refractivity contribution in [2.24, 2.45) is 11.7 Å². The summed E-state index contributed by atoms with van der Waals surface area (Å²) >= 11 is 0. The molecule has 0 bridgehead atoms.